The number of rotatable bonds is 6. The van der Waals surface area contributed by atoms with Crippen LogP contribution in [0.2, 0.25) is 0 Å². The predicted octanol–water partition coefficient (Wildman–Crippen LogP) is 3.08. The van der Waals surface area contributed by atoms with Gasteiger partial charge < -0.3 is 9.84 Å². The average Bonchev–Trinajstić information content (AvgIpc) is 2.73. The summed E-state index contributed by atoms with van der Waals surface area (Å²) in [6.07, 6.45) is 1.53. The Hall–Kier alpha value is -2.26. The molecule has 3 rings (SSSR count). The molecule has 1 saturated heterocycles. The fourth-order valence-corrected chi connectivity index (χ4v) is 4.88. The topological polar surface area (TPSA) is 107 Å². The molecule has 0 unspecified atom stereocenters. The van der Waals surface area contributed by atoms with E-state index in [1.54, 1.807) is 12.1 Å². The van der Waals surface area contributed by atoms with Crippen molar-refractivity contribution in [2.45, 2.75) is 37.7 Å². The Bertz CT molecular complexity index is 984. The SMILES string of the molecule is Cc1ccc(S(N)(=O)=O)c([N+]2(C(=O)OCc3ccccc3)CCC(CCO)CC2)c1. The van der Waals surface area contributed by atoms with E-state index in [1.807, 2.05) is 37.3 Å². The van der Waals surface area contributed by atoms with Crippen LogP contribution in [-0.2, 0) is 21.4 Å². The first kappa shape index (κ1) is 22.4. The molecule has 2 aromatic rings. The number of hydrogen-bond donors (Lipinski definition) is 2. The number of benzene rings is 2. The van der Waals surface area contributed by atoms with Gasteiger partial charge in [0.05, 0.1) is 13.1 Å². The van der Waals surface area contributed by atoms with Crippen molar-refractivity contribution in [1.82, 2.24) is 4.48 Å². The number of amides is 1. The van der Waals surface area contributed by atoms with Crippen LogP contribution >= 0.6 is 0 Å². The standard InChI is InChI=1S/C22H29N2O5S/c1-17-7-8-21(30(23,27)28)20(15-17)24(12-9-18(10-13-24)11-14-25)22(26)29-16-19-5-3-2-4-6-19/h2-8,15,18,25H,9-14,16H2,1H3,(H2,23,27,28)/q+1. The van der Waals surface area contributed by atoms with E-state index in [-0.39, 0.29) is 28.5 Å². The van der Waals surface area contributed by atoms with E-state index >= 15 is 0 Å². The highest BCUT2D eigenvalue weighted by molar-refractivity contribution is 7.89. The van der Waals surface area contributed by atoms with Crippen LogP contribution in [0.3, 0.4) is 0 Å². The zero-order valence-electron chi connectivity index (χ0n) is 17.2. The third-order valence-corrected chi connectivity index (χ3v) is 6.77. The second-order valence-electron chi connectivity index (χ2n) is 7.93. The molecule has 8 heteroatoms. The molecule has 2 aromatic carbocycles. The molecule has 1 aliphatic rings. The Morgan fingerprint density at radius 2 is 1.83 bits per heavy atom. The highest BCUT2D eigenvalue weighted by atomic mass is 32.2. The number of aliphatic hydroxyl groups is 1. The Balaban J connectivity index is 1.99. The molecule has 1 amide bonds. The molecule has 0 atom stereocenters. The van der Waals surface area contributed by atoms with E-state index in [2.05, 4.69) is 0 Å². The number of aryl methyl sites for hydroxylation is 1. The summed E-state index contributed by atoms with van der Waals surface area (Å²) in [6, 6.07) is 14.2. The van der Waals surface area contributed by atoms with E-state index in [1.165, 1.54) is 6.07 Å². The van der Waals surface area contributed by atoms with Crippen LogP contribution in [0.4, 0.5) is 10.5 Å². The quantitative estimate of drug-likeness (QED) is 0.681. The molecule has 1 fully saturated rings. The van der Waals surface area contributed by atoms with E-state index < -0.39 is 16.1 Å². The summed E-state index contributed by atoms with van der Waals surface area (Å²) in [5.41, 5.74) is 2.05. The van der Waals surface area contributed by atoms with Crippen LogP contribution in [0, 0.1) is 12.8 Å². The van der Waals surface area contributed by atoms with Crippen LogP contribution in [-0.4, -0.2) is 39.3 Å². The molecule has 3 N–H and O–H groups in total. The maximum Gasteiger partial charge on any atom is 0.521 e. The van der Waals surface area contributed by atoms with Crippen LogP contribution in [0.5, 0.6) is 0 Å². The van der Waals surface area contributed by atoms with Crippen molar-refractivity contribution < 1.29 is 23.1 Å². The molecule has 0 aromatic heterocycles. The minimum Gasteiger partial charge on any atom is -0.415 e. The molecule has 0 radical (unpaired) electrons. The largest absolute Gasteiger partial charge is 0.521 e. The zero-order chi connectivity index (χ0) is 21.8. The number of hydrogen-bond acceptors (Lipinski definition) is 5. The Morgan fingerprint density at radius 3 is 2.43 bits per heavy atom. The molecular formula is C22H29N2O5S+. The molecule has 0 saturated carbocycles. The maximum absolute atomic E-state index is 13.4. The molecule has 30 heavy (non-hydrogen) atoms. The first-order valence-electron chi connectivity index (χ1n) is 10.1. The van der Waals surface area contributed by atoms with Gasteiger partial charge in [0, 0.05) is 25.5 Å². The van der Waals surface area contributed by atoms with E-state index in [9.17, 15) is 18.3 Å². The Kier molecular flexibility index (Phi) is 6.92. The lowest BCUT2D eigenvalue weighted by atomic mass is 9.91. The maximum atomic E-state index is 13.4. The number of nitrogens with two attached hydrogens (primary N) is 1. The number of carbonyl (C=O) groups excluding carboxylic acids is 1. The summed E-state index contributed by atoms with van der Waals surface area (Å²) in [4.78, 5) is 13.4. The number of sulfonamides is 1. The number of likely N-dealkylation sites (tertiary alicyclic amines) is 1. The van der Waals surface area contributed by atoms with Gasteiger partial charge in [0.15, 0.2) is 5.69 Å². The van der Waals surface area contributed by atoms with Gasteiger partial charge in [-0.1, -0.05) is 36.4 Å². The van der Waals surface area contributed by atoms with Crippen LogP contribution < -0.4 is 9.62 Å². The average molecular weight is 434 g/mol. The fourth-order valence-electron chi connectivity index (χ4n) is 4.10. The predicted molar refractivity (Wildman–Crippen MR) is 115 cm³/mol. The van der Waals surface area contributed by atoms with Gasteiger partial charge in [0.2, 0.25) is 10.0 Å². The summed E-state index contributed by atoms with van der Waals surface area (Å²) in [6.45, 7) is 2.83. The van der Waals surface area contributed by atoms with Crippen LogP contribution in [0.1, 0.15) is 30.4 Å². The molecule has 7 nitrogen and oxygen atoms in total. The fraction of sp³-hybridized carbons (Fsp3) is 0.409. The summed E-state index contributed by atoms with van der Waals surface area (Å²) in [5.74, 6) is 0.283. The van der Waals surface area contributed by atoms with Crippen molar-refractivity contribution in [3.05, 3.63) is 59.7 Å². The van der Waals surface area contributed by atoms with Gasteiger partial charge in [-0.25, -0.2) is 13.6 Å². The molecule has 1 aliphatic heterocycles. The van der Waals surface area contributed by atoms with Crippen molar-refractivity contribution in [2.75, 3.05) is 19.7 Å². The van der Waals surface area contributed by atoms with Crippen molar-refractivity contribution in [3.63, 3.8) is 0 Å². The second kappa shape index (κ2) is 9.26. The third-order valence-electron chi connectivity index (χ3n) is 5.81. The van der Waals surface area contributed by atoms with Crippen molar-refractivity contribution in [1.29, 1.82) is 0 Å². The van der Waals surface area contributed by atoms with Crippen molar-refractivity contribution >= 4 is 21.8 Å². The minimum atomic E-state index is -4.03. The lowest BCUT2D eigenvalue weighted by Gasteiger charge is -2.40. The van der Waals surface area contributed by atoms with E-state index in [0.29, 0.717) is 38.0 Å². The summed E-state index contributed by atoms with van der Waals surface area (Å²) >= 11 is 0. The summed E-state index contributed by atoms with van der Waals surface area (Å²) < 4.78 is 30.1. The zero-order valence-corrected chi connectivity index (χ0v) is 18.0. The Morgan fingerprint density at radius 1 is 1.17 bits per heavy atom. The van der Waals surface area contributed by atoms with Gasteiger partial charge in [-0.2, -0.15) is 9.28 Å². The normalized spacial score (nSPS) is 21.9. The number of primary sulfonamides is 1. The van der Waals surface area contributed by atoms with Gasteiger partial charge in [-0.15, -0.1) is 0 Å². The lowest BCUT2D eigenvalue weighted by Crippen LogP contribution is -2.59. The molecule has 1 heterocycles. The van der Waals surface area contributed by atoms with E-state index in [4.69, 9.17) is 9.88 Å². The first-order valence-corrected chi connectivity index (χ1v) is 11.6. The van der Waals surface area contributed by atoms with Gasteiger partial charge in [-0.05, 0) is 36.5 Å². The number of quaternary nitrogens is 1. The smallest absolute Gasteiger partial charge is 0.415 e. The number of nitrogens with zero attached hydrogens (tertiary/aromatic N) is 1. The van der Waals surface area contributed by atoms with Crippen molar-refractivity contribution in [2.24, 2.45) is 11.1 Å². The summed E-state index contributed by atoms with van der Waals surface area (Å²) in [5, 5.41) is 14.8. The molecule has 0 aliphatic carbocycles. The lowest BCUT2D eigenvalue weighted by molar-refractivity contribution is 0.0803. The van der Waals surface area contributed by atoms with Crippen LogP contribution in [0.25, 0.3) is 0 Å². The Labute approximate surface area is 177 Å². The van der Waals surface area contributed by atoms with Gasteiger partial charge >= 0.3 is 6.09 Å². The molecule has 162 valence electrons. The van der Waals surface area contributed by atoms with Gasteiger partial charge in [0.25, 0.3) is 0 Å². The first-order chi connectivity index (χ1) is 14.3. The highest BCUT2D eigenvalue weighted by Crippen LogP contribution is 2.38. The highest BCUT2D eigenvalue weighted by Gasteiger charge is 2.47. The van der Waals surface area contributed by atoms with Gasteiger partial charge in [-0.3, -0.25) is 0 Å². The van der Waals surface area contributed by atoms with Gasteiger partial charge in [0.1, 0.15) is 11.5 Å². The monoisotopic (exact) mass is 433 g/mol. The number of aliphatic hydroxyl groups excluding tert-OH is 1. The molecular weight excluding hydrogens is 404 g/mol. The number of piperidine rings is 1. The van der Waals surface area contributed by atoms with E-state index in [0.717, 1.165) is 11.1 Å². The molecule has 0 bridgehead atoms. The van der Waals surface area contributed by atoms with Crippen molar-refractivity contribution in [3.8, 4) is 0 Å². The number of ether oxygens (including phenoxy) is 1. The second-order valence-corrected chi connectivity index (χ2v) is 9.46. The van der Waals surface area contributed by atoms with Crippen LogP contribution in [0.15, 0.2) is 53.4 Å². The molecule has 0 spiro atoms. The summed E-state index contributed by atoms with van der Waals surface area (Å²) in [7, 11) is -4.03. The minimum absolute atomic E-state index is 0.0506. The number of carbonyl (C=O) groups is 1. The third kappa shape index (κ3) is 4.89.